The Kier molecular flexibility index (Phi) is 6.13. The molecule has 4 heteroatoms. The van der Waals surface area contributed by atoms with Crippen LogP contribution < -0.4 is 5.32 Å². The normalized spacial score (nSPS) is 28.2. The molecular formula is C18H33N3O. The predicted octanol–water partition coefficient (Wildman–Crippen LogP) is 2.10. The van der Waals surface area contributed by atoms with Gasteiger partial charge in [-0.05, 0) is 76.5 Å². The molecule has 0 radical (unpaired) electrons. The van der Waals surface area contributed by atoms with Crippen molar-refractivity contribution in [3.63, 3.8) is 0 Å². The molecule has 0 bridgehead atoms. The van der Waals surface area contributed by atoms with Crippen LogP contribution in [0.1, 0.15) is 51.4 Å². The largest absolute Gasteiger partial charge is 0.342 e. The number of carbonyl (C=O) groups is 1. The van der Waals surface area contributed by atoms with Gasteiger partial charge in [-0.3, -0.25) is 4.79 Å². The van der Waals surface area contributed by atoms with E-state index >= 15 is 0 Å². The lowest BCUT2D eigenvalue weighted by molar-refractivity contribution is -0.130. The third-order valence-corrected chi connectivity index (χ3v) is 5.83. The van der Waals surface area contributed by atoms with Gasteiger partial charge in [0.2, 0.25) is 5.91 Å². The van der Waals surface area contributed by atoms with E-state index in [2.05, 4.69) is 15.1 Å². The van der Waals surface area contributed by atoms with Gasteiger partial charge in [0.15, 0.2) is 0 Å². The van der Waals surface area contributed by atoms with Gasteiger partial charge < -0.3 is 15.1 Å². The number of rotatable bonds is 5. The van der Waals surface area contributed by atoms with Crippen molar-refractivity contribution in [2.24, 2.45) is 11.8 Å². The van der Waals surface area contributed by atoms with Gasteiger partial charge in [-0.15, -0.1) is 0 Å². The SMILES string of the molecule is O=C(CCC1CCNCC1)N1CCC(CN2CCCCC2)C1. The Morgan fingerprint density at radius 2 is 1.73 bits per heavy atom. The lowest BCUT2D eigenvalue weighted by Crippen LogP contribution is -2.36. The monoisotopic (exact) mass is 307 g/mol. The second-order valence-corrected chi connectivity index (χ2v) is 7.59. The van der Waals surface area contributed by atoms with Crippen LogP contribution >= 0.6 is 0 Å². The minimum absolute atomic E-state index is 0.416. The fourth-order valence-electron chi connectivity index (χ4n) is 4.37. The first-order valence-corrected chi connectivity index (χ1v) is 9.52. The van der Waals surface area contributed by atoms with Crippen LogP contribution in [0.25, 0.3) is 0 Å². The number of amides is 1. The molecule has 0 spiro atoms. The fraction of sp³-hybridized carbons (Fsp3) is 0.944. The van der Waals surface area contributed by atoms with Crippen LogP contribution in [-0.2, 0) is 4.79 Å². The van der Waals surface area contributed by atoms with E-state index in [0.29, 0.717) is 5.91 Å². The van der Waals surface area contributed by atoms with Gasteiger partial charge in [0.25, 0.3) is 0 Å². The summed E-state index contributed by atoms with van der Waals surface area (Å²) in [6.45, 7) is 8.07. The standard InChI is InChI=1S/C18H33N3O/c22-18(5-4-16-6-9-19-10-7-16)21-13-8-17(15-21)14-20-11-2-1-3-12-20/h16-17,19H,1-15H2. The minimum Gasteiger partial charge on any atom is -0.342 e. The van der Waals surface area contributed by atoms with Crippen LogP contribution in [0.5, 0.6) is 0 Å². The molecule has 4 nitrogen and oxygen atoms in total. The summed E-state index contributed by atoms with van der Waals surface area (Å²) in [5.41, 5.74) is 0. The highest BCUT2D eigenvalue weighted by Gasteiger charge is 2.28. The molecule has 3 rings (SSSR count). The lowest BCUT2D eigenvalue weighted by atomic mass is 9.93. The molecule has 0 aromatic carbocycles. The van der Waals surface area contributed by atoms with Crippen LogP contribution in [-0.4, -0.2) is 61.5 Å². The molecule has 22 heavy (non-hydrogen) atoms. The Hall–Kier alpha value is -0.610. The van der Waals surface area contributed by atoms with E-state index < -0.39 is 0 Å². The number of hydrogen-bond donors (Lipinski definition) is 1. The zero-order valence-corrected chi connectivity index (χ0v) is 14.1. The van der Waals surface area contributed by atoms with Crippen molar-refractivity contribution in [3.8, 4) is 0 Å². The Labute approximate surface area is 135 Å². The second-order valence-electron chi connectivity index (χ2n) is 7.59. The van der Waals surface area contributed by atoms with Crippen molar-refractivity contribution in [1.29, 1.82) is 0 Å². The molecule has 1 unspecified atom stereocenters. The summed E-state index contributed by atoms with van der Waals surface area (Å²) in [5.74, 6) is 1.91. The summed E-state index contributed by atoms with van der Waals surface area (Å²) in [5, 5.41) is 3.40. The molecule has 3 aliphatic rings. The first-order chi connectivity index (χ1) is 10.8. The van der Waals surface area contributed by atoms with E-state index in [1.54, 1.807) is 0 Å². The number of carbonyl (C=O) groups excluding carboxylic acids is 1. The van der Waals surface area contributed by atoms with Crippen LogP contribution in [0.2, 0.25) is 0 Å². The van der Waals surface area contributed by atoms with Crippen molar-refractivity contribution in [3.05, 3.63) is 0 Å². The van der Waals surface area contributed by atoms with E-state index in [0.717, 1.165) is 50.9 Å². The summed E-state index contributed by atoms with van der Waals surface area (Å²) in [6.07, 6.45) is 9.75. The molecule has 0 saturated carbocycles. The molecule has 1 amide bonds. The lowest BCUT2D eigenvalue weighted by Gasteiger charge is -2.29. The van der Waals surface area contributed by atoms with E-state index in [1.165, 1.54) is 58.2 Å². The Morgan fingerprint density at radius 3 is 2.50 bits per heavy atom. The topological polar surface area (TPSA) is 35.6 Å². The van der Waals surface area contributed by atoms with Crippen LogP contribution in [0.15, 0.2) is 0 Å². The highest BCUT2D eigenvalue weighted by molar-refractivity contribution is 5.76. The van der Waals surface area contributed by atoms with Crippen molar-refractivity contribution >= 4 is 5.91 Å². The molecule has 126 valence electrons. The Balaban J connectivity index is 1.35. The van der Waals surface area contributed by atoms with Crippen LogP contribution in [0.3, 0.4) is 0 Å². The first-order valence-electron chi connectivity index (χ1n) is 9.52. The van der Waals surface area contributed by atoms with E-state index in [4.69, 9.17) is 0 Å². The molecule has 0 aromatic heterocycles. The maximum absolute atomic E-state index is 12.4. The summed E-state index contributed by atoms with van der Waals surface area (Å²) in [4.78, 5) is 17.2. The van der Waals surface area contributed by atoms with Crippen molar-refractivity contribution in [2.75, 3.05) is 45.8 Å². The van der Waals surface area contributed by atoms with Gasteiger partial charge in [-0.25, -0.2) is 0 Å². The number of hydrogen-bond acceptors (Lipinski definition) is 3. The summed E-state index contributed by atoms with van der Waals surface area (Å²) < 4.78 is 0. The van der Waals surface area contributed by atoms with Crippen LogP contribution in [0.4, 0.5) is 0 Å². The predicted molar refractivity (Wildman–Crippen MR) is 89.8 cm³/mol. The van der Waals surface area contributed by atoms with Gasteiger partial charge in [0, 0.05) is 26.1 Å². The maximum atomic E-state index is 12.4. The molecule has 3 fully saturated rings. The van der Waals surface area contributed by atoms with Gasteiger partial charge in [-0.2, -0.15) is 0 Å². The number of nitrogens with zero attached hydrogens (tertiary/aromatic N) is 2. The van der Waals surface area contributed by atoms with E-state index in [9.17, 15) is 4.79 Å². The highest BCUT2D eigenvalue weighted by atomic mass is 16.2. The molecule has 1 atom stereocenters. The van der Waals surface area contributed by atoms with Crippen molar-refractivity contribution in [2.45, 2.75) is 51.4 Å². The summed E-state index contributed by atoms with van der Waals surface area (Å²) in [6, 6.07) is 0. The molecule has 3 saturated heterocycles. The summed E-state index contributed by atoms with van der Waals surface area (Å²) in [7, 11) is 0. The van der Waals surface area contributed by atoms with E-state index in [-0.39, 0.29) is 0 Å². The smallest absolute Gasteiger partial charge is 0.222 e. The zero-order chi connectivity index (χ0) is 15.2. The Morgan fingerprint density at radius 1 is 0.955 bits per heavy atom. The Bertz CT molecular complexity index is 348. The maximum Gasteiger partial charge on any atom is 0.222 e. The highest BCUT2D eigenvalue weighted by Crippen LogP contribution is 2.23. The molecule has 3 heterocycles. The molecule has 1 N–H and O–H groups in total. The number of nitrogens with one attached hydrogen (secondary N) is 1. The molecule has 0 aliphatic carbocycles. The first kappa shape index (κ1) is 16.3. The number of likely N-dealkylation sites (tertiary alicyclic amines) is 2. The third-order valence-electron chi connectivity index (χ3n) is 5.83. The fourth-order valence-corrected chi connectivity index (χ4v) is 4.37. The molecule has 3 aliphatic heterocycles. The van der Waals surface area contributed by atoms with Crippen molar-refractivity contribution < 1.29 is 4.79 Å². The minimum atomic E-state index is 0.416. The zero-order valence-electron chi connectivity index (χ0n) is 14.1. The average Bonchev–Trinajstić information content (AvgIpc) is 3.03. The second kappa shape index (κ2) is 8.30. The van der Waals surface area contributed by atoms with Gasteiger partial charge in [0.05, 0.1) is 0 Å². The van der Waals surface area contributed by atoms with E-state index in [1.807, 2.05) is 0 Å². The molecular weight excluding hydrogens is 274 g/mol. The van der Waals surface area contributed by atoms with Gasteiger partial charge >= 0.3 is 0 Å². The van der Waals surface area contributed by atoms with Crippen molar-refractivity contribution in [1.82, 2.24) is 15.1 Å². The third kappa shape index (κ3) is 4.69. The summed E-state index contributed by atoms with van der Waals surface area (Å²) >= 11 is 0. The van der Waals surface area contributed by atoms with Gasteiger partial charge in [-0.1, -0.05) is 6.42 Å². The average molecular weight is 307 g/mol. The molecule has 0 aromatic rings. The van der Waals surface area contributed by atoms with Gasteiger partial charge in [0.1, 0.15) is 0 Å². The number of piperidine rings is 2. The quantitative estimate of drug-likeness (QED) is 0.845. The van der Waals surface area contributed by atoms with Crippen LogP contribution in [0, 0.1) is 11.8 Å².